The van der Waals surface area contributed by atoms with Gasteiger partial charge in [-0.05, 0) is 42.7 Å². The van der Waals surface area contributed by atoms with E-state index in [9.17, 15) is 17.6 Å². The average Bonchev–Trinajstić information content (AvgIpc) is 2.55. The molecule has 0 spiro atoms. The summed E-state index contributed by atoms with van der Waals surface area (Å²) >= 11 is 0. The third-order valence-corrected chi connectivity index (χ3v) is 5.16. The number of benzene rings is 2. The van der Waals surface area contributed by atoms with Crippen molar-refractivity contribution in [2.45, 2.75) is 20.3 Å². The van der Waals surface area contributed by atoms with Gasteiger partial charge >= 0.3 is 0 Å². The van der Waals surface area contributed by atoms with Gasteiger partial charge in [0.2, 0.25) is 15.9 Å². The predicted molar refractivity (Wildman–Crippen MR) is 101 cm³/mol. The molecule has 1 N–H and O–H groups in total. The van der Waals surface area contributed by atoms with Crippen LogP contribution in [-0.4, -0.2) is 33.7 Å². The lowest BCUT2D eigenvalue weighted by atomic mass is 10.1. The largest absolute Gasteiger partial charge is 0.354 e. The summed E-state index contributed by atoms with van der Waals surface area (Å²) in [5, 5.41) is 2.65. The minimum Gasteiger partial charge on any atom is -0.354 e. The number of nitrogens with zero attached hydrogens (tertiary/aromatic N) is 1. The number of nitrogens with one attached hydrogen (secondary N) is 1. The highest BCUT2D eigenvalue weighted by Gasteiger charge is 2.19. The van der Waals surface area contributed by atoms with Crippen LogP contribution in [0.15, 0.2) is 42.5 Å². The normalized spacial score (nSPS) is 11.2. The van der Waals surface area contributed by atoms with Crippen LogP contribution in [0.4, 0.5) is 10.1 Å². The standard InChI is InChI=1S/C19H23FN2O3S/c1-14-8-9-15(2)18(12-14)22(26(3,24)25)11-10-21-19(23)13-16-6-4-5-7-17(16)20/h4-9,12H,10-11,13H2,1-3H3,(H,21,23). The Kier molecular flexibility index (Phi) is 6.37. The molecule has 0 aliphatic rings. The van der Waals surface area contributed by atoms with E-state index < -0.39 is 15.8 Å². The molecule has 2 aromatic rings. The molecule has 0 unspecified atom stereocenters. The molecule has 1 amide bonds. The lowest BCUT2D eigenvalue weighted by molar-refractivity contribution is -0.120. The molecular weight excluding hydrogens is 355 g/mol. The Balaban J connectivity index is 2.03. The van der Waals surface area contributed by atoms with E-state index in [0.29, 0.717) is 11.3 Å². The van der Waals surface area contributed by atoms with E-state index in [4.69, 9.17) is 0 Å². The Morgan fingerprint density at radius 2 is 1.85 bits per heavy atom. The first-order chi connectivity index (χ1) is 12.2. The quantitative estimate of drug-likeness (QED) is 0.805. The Morgan fingerprint density at radius 3 is 2.50 bits per heavy atom. The zero-order valence-corrected chi connectivity index (χ0v) is 15.9. The van der Waals surface area contributed by atoms with Crippen LogP contribution in [0.1, 0.15) is 16.7 Å². The van der Waals surface area contributed by atoms with Crippen LogP contribution < -0.4 is 9.62 Å². The summed E-state index contributed by atoms with van der Waals surface area (Å²) in [6.07, 6.45) is 1.05. The Labute approximate surface area is 153 Å². The maximum absolute atomic E-state index is 13.6. The number of halogens is 1. The Morgan fingerprint density at radius 1 is 1.15 bits per heavy atom. The number of amides is 1. The van der Waals surface area contributed by atoms with Crippen molar-refractivity contribution in [1.82, 2.24) is 5.32 Å². The van der Waals surface area contributed by atoms with Gasteiger partial charge in [0, 0.05) is 6.54 Å². The van der Waals surface area contributed by atoms with Crippen molar-refractivity contribution in [3.8, 4) is 0 Å². The van der Waals surface area contributed by atoms with E-state index in [1.807, 2.05) is 26.0 Å². The van der Waals surface area contributed by atoms with Crippen molar-refractivity contribution in [3.63, 3.8) is 0 Å². The summed E-state index contributed by atoms with van der Waals surface area (Å²) in [6.45, 7) is 3.96. The highest BCUT2D eigenvalue weighted by Crippen LogP contribution is 2.23. The number of sulfonamides is 1. The van der Waals surface area contributed by atoms with Crippen molar-refractivity contribution < 1.29 is 17.6 Å². The lowest BCUT2D eigenvalue weighted by Gasteiger charge is -2.24. The molecule has 0 aromatic heterocycles. The summed E-state index contributed by atoms with van der Waals surface area (Å²) in [5.41, 5.74) is 2.68. The van der Waals surface area contributed by atoms with Crippen molar-refractivity contribution in [2.24, 2.45) is 0 Å². The highest BCUT2D eigenvalue weighted by molar-refractivity contribution is 7.92. The number of hydrogen-bond acceptors (Lipinski definition) is 3. The smallest absolute Gasteiger partial charge is 0.232 e. The summed E-state index contributed by atoms with van der Waals surface area (Å²) in [6, 6.07) is 11.7. The number of carbonyl (C=O) groups is 1. The molecule has 2 aromatic carbocycles. The van der Waals surface area contributed by atoms with E-state index >= 15 is 0 Å². The zero-order valence-electron chi connectivity index (χ0n) is 15.1. The van der Waals surface area contributed by atoms with E-state index in [1.54, 1.807) is 24.3 Å². The number of hydrogen-bond donors (Lipinski definition) is 1. The number of carbonyl (C=O) groups excluding carboxylic acids is 1. The monoisotopic (exact) mass is 378 g/mol. The zero-order chi connectivity index (χ0) is 19.3. The summed E-state index contributed by atoms with van der Waals surface area (Å²) in [5.74, 6) is -0.791. The first-order valence-corrected chi connectivity index (χ1v) is 10.1. The van der Waals surface area contributed by atoms with E-state index in [0.717, 1.165) is 17.4 Å². The Bertz CT molecular complexity index is 897. The van der Waals surface area contributed by atoms with E-state index in [2.05, 4.69) is 5.32 Å². The fraction of sp³-hybridized carbons (Fsp3) is 0.316. The van der Waals surface area contributed by atoms with Crippen LogP contribution in [0.25, 0.3) is 0 Å². The van der Waals surface area contributed by atoms with Crippen LogP contribution in [0.3, 0.4) is 0 Å². The molecule has 26 heavy (non-hydrogen) atoms. The van der Waals surface area contributed by atoms with Crippen LogP contribution in [-0.2, 0) is 21.2 Å². The Hall–Kier alpha value is -2.41. The fourth-order valence-corrected chi connectivity index (χ4v) is 3.60. The van der Waals surface area contributed by atoms with Crippen molar-refractivity contribution >= 4 is 21.6 Å². The molecular formula is C19H23FN2O3S. The molecule has 140 valence electrons. The van der Waals surface area contributed by atoms with Gasteiger partial charge in [0.05, 0.1) is 24.9 Å². The molecule has 0 heterocycles. The van der Waals surface area contributed by atoms with Crippen LogP contribution in [0.5, 0.6) is 0 Å². The van der Waals surface area contributed by atoms with Gasteiger partial charge in [-0.15, -0.1) is 0 Å². The summed E-state index contributed by atoms with van der Waals surface area (Å²) in [4.78, 5) is 12.0. The molecule has 0 aliphatic carbocycles. The molecule has 0 saturated heterocycles. The second-order valence-corrected chi connectivity index (χ2v) is 8.15. The van der Waals surface area contributed by atoms with Gasteiger partial charge in [-0.25, -0.2) is 12.8 Å². The van der Waals surface area contributed by atoms with Crippen LogP contribution >= 0.6 is 0 Å². The van der Waals surface area contributed by atoms with Crippen molar-refractivity contribution in [1.29, 1.82) is 0 Å². The predicted octanol–water partition coefficient (Wildman–Crippen LogP) is 2.57. The minimum absolute atomic E-state index is 0.0883. The summed E-state index contributed by atoms with van der Waals surface area (Å²) < 4.78 is 39.2. The van der Waals surface area contributed by atoms with Gasteiger partial charge in [-0.2, -0.15) is 0 Å². The SMILES string of the molecule is Cc1ccc(C)c(N(CCNC(=O)Cc2ccccc2F)S(C)(=O)=O)c1. The molecule has 0 saturated carbocycles. The maximum Gasteiger partial charge on any atom is 0.232 e. The molecule has 0 bridgehead atoms. The van der Waals surface area contributed by atoms with Crippen LogP contribution in [0, 0.1) is 19.7 Å². The molecule has 0 fully saturated rings. The number of aryl methyl sites for hydroxylation is 2. The molecule has 7 heteroatoms. The van der Waals surface area contributed by atoms with Gasteiger partial charge < -0.3 is 5.32 Å². The highest BCUT2D eigenvalue weighted by atomic mass is 32.2. The molecule has 2 rings (SSSR count). The molecule has 0 radical (unpaired) electrons. The van der Waals surface area contributed by atoms with Crippen molar-refractivity contribution in [2.75, 3.05) is 23.7 Å². The molecule has 5 nitrogen and oxygen atoms in total. The number of rotatable bonds is 7. The first-order valence-electron chi connectivity index (χ1n) is 8.23. The van der Waals surface area contributed by atoms with Gasteiger partial charge in [-0.3, -0.25) is 9.10 Å². The topological polar surface area (TPSA) is 66.5 Å². The number of anilines is 1. The third kappa shape index (κ3) is 5.29. The minimum atomic E-state index is -3.50. The molecule has 0 aliphatic heterocycles. The van der Waals surface area contributed by atoms with E-state index in [-0.39, 0.29) is 25.4 Å². The third-order valence-electron chi connectivity index (χ3n) is 3.98. The van der Waals surface area contributed by atoms with E-state index in [1.165, 1.54) is 10.4 Å². The lowest BCUT2D eigenvalue weighted by Crippen LogP contribution is -2.39. The maximum atomic E-state index is 13.6. The average molecular weight is 378 g/mol. The second-order valence-electron chi connectivity index (χ2n) is 6.24. The van der Waals surface area contributed by atoms with Gasteiger partial charge in [-0.1, -0.05) is 30.3 Å². The molecule has 0 atom stereocenters. The van der Waals surface area contributed by atoms with Crippen LogP contribution in [0.2, 0.25) is 0 Å². The second kappa shape index (κ2) is 8.31. The van der Waals surface area contributed by atoms with Gasteiger partial charge in [0.15, 0.2) is 0 Å². The van der Waals surface area contributed by atoms with Crippen molar-refractivity contribution in [3.05, 3.63) is 65.0 Å². The fourth-order valence-electron chi connectivity index (χ4n) is 2.63. The first kappa shape index (κ1) is 19.9. The van der Waals surface area contributed by atoms with Gasteiger partial charge in [0.1, 0.15) is 5.82 Å². The summed E-state index contributed by atoms with van der Waals surface area (Å²) in [7, 11) is -3.50. The van der Waals surface area contributed by atoms with Gasteiger partial charge in [0.25, 0.3) is 0 Å².